The van der Waals surface area contributed by atoms with E-state index in [1.165, 1.54) is 12.3 Å². The number of carbonyl (C=O) groups excluding carboxylic acids is 2. The fraction of sp³-hybridized carbons (Fsp3) is 0.235. The van der Waals surface area contributed by atoms with Crippen molar-refractivity contribution in [1.82, 2.24) is 4.98 Å². The molecule has 0 spiro atoms. The van der Waals surface area contributed by atoms with Crippen molar-refractivity contribution in [3.63, 3.8) is 0 Å². The Morgan fingerprint density at radius 1 is 1.09 bits per heavy atom. The zero-order valence-electron chi connectivity index (χ0n) is 13.2. The van der Waals surface area contributed by atoms with Gasteiger partial charge in [0.1, 0.15) is 11.8 Å². The Balaban J connectivity index is 2.01. The van der Waals surface area contributed by atoms with Crippen molar-refractivity contribution < 1.29 is 9.59 Å². The molecule has 6 heteroatoms. The number of aromatic nitrogens is 1. The number of nitriles is 1. The van der Waals surface area contributed by atoms with Gasteiger partial charge in [-0.3, -0.25) is 9.59 Å². The molecule has 2 amide bonds. The van der Waals surface area contributed by atoms with E-state index in [2.05, 4.69) is 15.6 Å². The number of benzene rings is 1. The van der Waals surface area contributed by atoms with Crippen molar-refractivity contribution in [2.45, 2.75) is 20.8 Å². The lowest BCUT2D eigenvalue weighted by Crippen LogP contribution is -2.27. The first-order chi connectivity index (χ1) is 10.8. The van der Waals surface area contributed by atoms with Gasteiger partial charge in [0.15, 0.2) is 0 Å². The summed E-state index contributed by atoms with van der Waals surface area (Å²) in [6.07, 6.45) is 1.47. The molecule has 23 heavy (non-hydrogen) atoms. The van der Waals surface area contributed by atoms with E-state index in [1.54, 1.807) is 24.3 Å². The second-order valence-electron chi connectivity index (χ2n) is 6.15. The molecule has 6 nitrogen and oxygen atoms in total. The molecule has 1 aromatic carbocycles. The SMILES string of the molecule is CC(C)(C)C(=O)Nc1ccc(NC(=O)c2cc(C#N)c[nH]2)cc1. The van der Waals surface area contributed by atoms with Crippen molar-refractivity contribution in [2.24, 2.45) is 5.41 Å². The Kier molecular flexibility index (Phi) is 4.51. The van der Waals surface area contributed by atoms with Gasteiger partial charge in [0.25, 0.3) is 5.91 Å². The third kappa shape index (κ3) is 4.20. The molecular weight excluding hydrogens is 292 g/mol. The molecule has 0 saturated heterocycles. The monoisotopic (exact) mass is 310 g/mol. The summed E-state index contributed by atoms with van der Waals surface area (Å²) in [7, 11) is 0. The third-order valence-electron chi connectivity index (χ3n) is 3.14. The van der Waals surface area contributed by atoms with Crippen LogP contribution >= 0.6 is 0 Å². The van der Waals surface area contributed by atoms with Gasteiger partial charge in [0, 0.05) is 23.0 Å². The highest BCUT2D eigenvalue weighted by atomic mass is 16.2. The van der Waals surface area contributed by atoms with E-state index < -0.39 is 5.41 Å². The first kappa shape index (κ1) is 16.3. The first-order valence-corrected chi connectivity index (χ1v) is 7.11. The van der Waals surface area contributed by atoms with Gasteiger partial charge >= 0.3 is 0 Å². The highest BCUT2D eigenvalue weighted by Gasteiger charge is 2.21. The minimum Gasteiger partial charge on any atom is -0.356 e. The number of anilines is 2. The molecule has 0 saturated carbocycles. The second kappa shape index (κ2) is 6.36. The number of H-pyrrole nitrogens is 1. The van der Waals surface area contributed by atoms with Gasteiger partial charge in [-0.15, -0.1) is 0 Å². The largest absolute Gasteiger partial charge is 0.356 e. The Bertz CT molecular complexity index is 761. The molecule has 0 unspecified atom stereocenters. The highest BCUT2D eigenvalue weighted by molar-refractivity contribution is 6.03. The molecule has 1 heterocycles. The molecule has 0 bridgehead atoms. The van der Waals surface area contributed by atoms with Gasteiger partial charge < -0.3 is 15.6 Å². The quantitative estimate of drug-likeness (QED) is 0.812. The van der Waals surface area contributed by atoms with E-state index in [9.17, 15) is 9.59 Å². The average molecular weight is 310 g/mol. The number of nitrogens with zero attached hydrogens (tertiary/aromatic N) is 1. The molecule has 0 aliphatic rings. The summed E-state index contributed by atoms with van der Waals surface area (Å²) in [5.74, 6) is -0.414. The van der Waals surface area contributed by atoms with Crippen molar-refractivity contribution >= 4 is 23.2 Å². The molecule has 0 fully saturated rings. The van der Waals surface area contributed by atoms with Gasteiger partial charge in [-0.05, 0) is 30.3 Å². The van der Waals surface area contributed by atoms with Crippen LogP contribution in [-0.2, 0) is 4.79 Å². The van der Waals surface area contributed by atoms with E-state index >= 15 is 0 Å². The summed E-state index contributed by atoms with van der Waals surface area (Å²) >= 11 is 0. The van der Waals surface area contributed by atoms with Crippen molar-refractivity contribution in [1.29, 1.82) is 5.26 Å². The molecule has 1 aromatic heterocycles. The third-order valence-corrected chi connectivity index (χ3v) is 3.14. The zero-order chi connectivity index (χ0) is 17.0. The molecule has 0 aliphatic heterocycles. The van der Waals surface area contributed by atoms with Gasteiger partial charge in [-0.2, -0.15) is 5.26 Å². The topological polar surface area (TPSA) is 97.8 Å². The van der Waals surface area contributed by atoms with Crippen LogP contribution < -0.4 is 10.6 Å². The molecule has 0 atom stereocenters. The number of nitrogens with one attached hydrogen (secondary N) is 3. The summed E-state index contributed by atoms with van der Waals surface area (Å²) < 4.78 is 0. The second-order valence-corrected chi connectivity index (χ2v) is 6.15. The highest BCUT2D eigenvalue weighted by Crippen LogP contribution is 2.19. The Morgan fingerprint density at radius 3 is 2.13 bits per heavy atom. The van der Waals surface area contributed by atoms with Crippen LogP contribution in [0.2, 0.25) is 0 Å². The van der Waals surface area contributed by atoms with Crippen LogP contribution in [0.4, 0.5) is 11.4 Å². The predicted octanol–water partition coefficient (Wildman–Crippen LogP) is 3.12. The van der Waals surface area contributed by atoms with Crippen LogP contribution in [-0.4, -0.2) is 16.8 Å². The van der Waals surface area contributed by atoms with Crippen LogP contribution in [0.3, 0.4) is 0 Å². The summed E-state index contributed by atoms with van der Waals surface area (Å²) in [6, 6.07) is 10.3. The van der Waals surface area contributed by atoms with Gasteiger partial charge in [0.2, 0.25) is 5.91 Å². The summed E-state index contributed by atoms with van der Waals surface area (Å²) in [5, 5.41) is 14.3. The Labute approximate surface area is 134 Å². The minimum absolute atomic E-state index is 0.0790. The lowest BCUT2D eigenvalue weighted by molar-refractivity contribution is -0.123. The molecule has 3 N–H and O–H groups in total. The summed E-state index contributed by atoms with van der Waals surface area (Å²) in [4.78, 5) is 26.7. The molecule has 2 aromatic rings. The van der Waals surface area contributed by atoms with Gasteiger partial charge in [0.05, 0.1) is 5.56 Å². The molecule has 2 rings (SSSR count). The van der Waals surface area contributed by atoms with Gasteiger partial charge in [-0.1, -0.05) is 20.8 Å². The lowest BCUT2D eigenvalue weighted by atomic mass is 9.95. The van der Waals surface area contributed by atoms with E-state index in [0.29, 0.717) is 22.6 Å². The minimum atomic E-state index is -0.473. The van der Waals surface area contributed by atoms with Crippen molar-refractivity contribution in [3.05, 3.63) is 47.8 Å². The number of rotatable bonds is 3. The van der Waals surface area contributed by atoms with E-state index in [4.69, 9.17) is 5.26 Å². The average Bonchev–Trinajstić information content (AvgIpc) is 2.97. The fourth-order valence-corrected chi connectivity index (χ4v) is 1.74. The van der Waals surface area contributed by atoms with Crippen molar-refractivity contribution in [2.75, 3.05) is 10.6 Å². The summed E-state index contributed by atoms with van der Waals surface area (Å²) in [5.41, 5.74) is 1.49. The molecule has 118 valence electrons. The van der Waals surface area contributed by atoms with Crippen LogP contribution in [0, 0.1) is 16.7 Å². The lowest BCUT2D eigenvalue weighted by Gasteiger charge is -2.17. The first-order valence-electron chi connectivity index (χ1n) is 7.11. The van der Waals surface area contributed by atoms with Crippen LogP contribution in [0.1, 0.15) is 36.8 Å². The number of hydrogen-bond donors (Lipinski definition) is 3. The fourth-order valence-electron chi connectivity index (χ4n) is 1.74. The van der Waals surface area contributed by atoms with E-state index in [-0.39, 0.29) is 11.8 Å². The Morgan fingerprint density at radius 2 is 1.65 bits per heavy atom. The zero-order valence-corrected chi connectivity index (χ0v) is 13.2. The van der Waals surface area contributed by atoms with Crippen LogP contribution in [0.25, 0.3) is 0 Å². The molecular formula is C17H18N4O2. The standard InChI is InChI=1S/C17H18N4O2/c1-17(2,3)16(23)21-13-6-4-12(5-7-13)20-15(22)14-8-11(9-18)10-19-14/h4-8,10,19H,1-3H3,(H,20,22)(H,21,23). The molecule has 0 aliphatic carbocycles. The van der Waals surface area contributed by atoms with E-state index in [1.807, 2.05) is 26.8 Å². The number of hydrogen-bond acceptors (Lipinski definition) is 3. The maximum Gasteiger partial charge on any atom is 0.272 e. The molecule has 0 radical (unpaired) electrons. The predicted molar refractivity (Wildman–Crippen MR) is 88.0 cm³/mol. The summed E-state index contributed by atoms with van der Waals surface area (Å²) in [6.45, 7) is 5.51. The number of aromatic amines is 1. The smallest absolute Gasteiger partial charge is 0.272 e. The normalized spacial score (nSPS) is 10.7. The van der Waals surface area contributed by atoms with E-state index in [0.717, 1.165) is 0 Å². The van der Waals surface area contributed by atoms with Gasteiger partial charge in [-0.25, -0.2) is 0 Å². The van der Waals surface area contributed by atoms with Crippen molar-refractivity contribution in [3.8, 4) is 6.07 Å². The Hall–Kier alpha value is -3.07. The maximum atomic E-state index is 12.0. The maximum absolute atomic E-state index is 12.0. The van der Waals surface area contributed by atoms with Crippen LogP contribution in [0.5, 0.6) is 0 Å². The van der Waals surface area contributed by atoms with Crippen LogP contribution in [0.15, 0.2) is 36.5 Å². The number of carbonyl (C=O) groups is 2. The number of amides is 2.